The zero-order valence-corrected chi connectivity index (χ0v) is 13.4. The van der Waals surface area contributed by atoms with Crippen LogP contribution in [0.5, 0.6) is 0 Å². The lowest BCUT2D eigenvalue weighted by Gasteiger charge is -2.28. The fourth-order valence-electron chi connectivity index (χ4n) is 2.10. The van der Waals surface area contributed by atoms with Gasteiger partial charge < -0.3 is 10.2 Å². The number of halogens is 2. The molecule has 18 heavy (non-hydrogen) atoms. The van der Waals surface area contributed by atoms with Crippen LogP contribution in [-0.2, 0) is 4.79 Å². The van der Waals surface area contributed by atoms with Gasteiger partial charge in [-0.3, -0.25) is 9.69 Å². The maximum Gasteiger partial charge on any atom is 0.237 e. The Hall–Kier alpha value is -0.0300. The van der Waals surface area contributed by atoms with Gasteiger partial charge >= 0.3 is 0 Å². The molecule has 1 aliphatic rings. The Kier molecular flexibility index (Phi) is 11.1. The molecule has 1 amide bonds. The van der Waals surface area contributed by atoms with Gasteiger partial charge in [-0.05, 0) is 40.8 Å². The zero-order chi connectivity index (χ0) is 12.1. The van der Waals surface area contributed by atoms with Crippen molar-refractivity contribution < 1.29 is 4.79 Å². The van der Waals surface area contributed by atoms with E-state index in [1.165, 1.54) is 0 Å². The highest BCUT2D eigenvalue weighted by molar-refractivity contribution is 5.85. The predicted octanol–water partition coefficient (Wildman–Crippen LogP) is 1.38. The van der Waals surface area contributed by atoms with E-state index >= 15 is 0 Å². The van der Waals surface area contributed by atoms with E-state index < -0.39 is 0 Å². The number of rotatable bonds is 5. The SMILES string of the molecule is CNCC1CCCN1C(=O)CN(C)C(C)C.Cl.Cl. The van der Waals surface area contributed by atoms with Crippen LogP contribution in [-0.4, -0.2) is 61.5 Å². The molecule has 1 saturated heterocycles. The van der Waals surface area contributed by atoms with Crippen LogP contribution in [0.2, 0.25) is 0 Å². The van der Waals surface area contributed by atoms with Crippen molar-refractivity contribution >= 4 is 30.7 Å². The van der Waals surface area contributed by atoms with Gasteiger partial charge in [0.25, 0.3) is 0 Å². The number of likely N-dealkylation sites (N-methyl/N-ethyl adjacent to an activating group) is 2. The van der Waals surface area contributed by atoms with Crippen molar-refractivity contribution in [1.29, 1.82) is 0 Å². The Morgan fingerprint density at radius 2 is 2.06 bits per heavy atom. The molecule has 1 aliphatic heterocycles. The van der Waals surface area contributed by atoms with Gasteiger partial charge in [0.15, 0.2) is 0 Å². The first kappa shape index (κ1) is 20.3. The summed E-state index contributed by atoms with van der Waals surface area (Å²) in [6.45, 7) is 6.61. The molecule has 0 spiro atoms. The molecule has 0 aromatic rings. The summed E-state index contributed by atoms with van der Waals surface area (Å²) in [7, 11) is 3.95. The molecular formula is C12H27Cl2N3O. The lowest BCUT2D eigenvalue weighted by atomic mass is 10.2. The van der Waals surface area contributed by atoms with Gasteiger partial charge in [0.2, 0.25) is 5.91 Å². The largest absolute Gasteiger partial charge is 0.337 e. The fraction of sp³-hybridized carbons (Fsp3) is 0.917. The predicted molar refractivity (Wildman–Crippen MR) is 80.9 cm³/mol. The highest BCUT2D eigenvalue weighted by Gasteiger charge is 2.28. The molecule has 0 aromatic heterocycles. The average Bonchev–Trinajstić information content (AvgIpc) is 2.66. The van der Waals surface area contributed by atoms with Crippen molar-refractivity contribution in [1.82, 2.24) is 15.1 Å². The summed E-state index contributed by atoms with van der Waals surface area (Å²) >= 11 is 0. The maximum atomic E-state index is 12.1. The van der Waals surface area contributed by atoms with E-state index in [0.29, 0.717) is 18.6 Å². The minimum absolute atomic E-state index is 0. The first-order valence-corrected chi connectivity index (χ1v) is 6.20. The van der Waals surface area contributed by atoms with E-state index in [1.807, 2.05) is 19.0 Å². The van der Waals surface area contributed by atoms with Crippen molar-refractivity contribution in [2.24, 2.45) is 0 Å². The molecule has 0 saturated carbocycles. The van der Waals surface area contributed by atoms with Gasteiger partial charge in [-0.25, -0.2) is 0 Å². The van der Waals surface area contributed by atoms with E-state index in [-0.39, 0.29) is 30.7 Å². The van der Waals surface area contributed by atoms with Crippen LogP contribution in [0.1, 0.15) is 26.7 Å². The lowest BCUT2D eigenvalue weighted by molar-refractivity contribution is -0.133. The smallest absolute Gasteiger partial charge is 0.237 e. The molecule has 1 heterocycles. The topological polar surface area (TPSA) is 35.6 Å². The molecule has 0 radical (unpaired) electrons. The van der Waals surface area contributed by atoms with Crippen LogP contribution in [0.15, 0.2) is 0 Å². The molecule has 110 valence electrons. The van der Waals surface area contributed by atoms with Crippen LogP contribution in [0, 0.1) is 0 Å². The fourth-order valence-corrected chi connectivity index (χ4v) is 2.10. The zero-order valence-electron chi connectivity index (χ0n) is 11.8. The molecule has 6 heteroatoms. The quantitative estimate of drug-likeness (QED) is 0.833. The Morgan fingerprint density at radius 1 is 1.44 bits per heavy atom. The standard InChI is InChI=1S/C12H25N3O.2ClH/c1-10(2)14(4)9-12(16)15-7-5-6-11(15)8-13-3;;/h10-11,13H,5-9H2,1-4H3;2*1H. The lowest BCUT2D eigenvalue weighted by Crippen LogP contribution is -2.46. The monoisotopic (exact) mass is 299 g/mol. The van der Waals surface area contributed by atoms with Gasteiger partial charge in [-0.15, -0.1) is 24.8 Å². The van der Waals surface area contributed by atoms with Crippen molar-refractivity contribution in [3.05, 3.63) is 0 Å². The number of carbonyl (C=O) groups is 1. The molecule has 0 bridgehead atoms. The Balaban J connectivity index is 0. The van der Waals surface area contributed by atoms with Gasteiger partial charge in [0, 0.05) is 25.2 Å². The molecule has 0 aromatic carbocycles. The van der Waals surface area contributed by atoms with Gasteiger partial charge in [0.05, 0.1) is 6.54 Å². The summed E-state index contributed by atoms with van der Waals surface area (Å²) < 4.78 is 0. The summed E-state index contributed by atoms with van der Waals surface area (Å²) in [4.78, 5) is 16.2. The summed E-state index contributed by atoms with van der Waals surface area (Å²) in [6, 6.07) is 0.826. The summed E-state index contributed by atoms with van der Waals surface area (Å²) in [6.07, 6.45) is 2.28. The second-order valence-electron chi connectivity index (χ2n) is 4.95. The van der Waals surface area contributed by atoms with E-state index in [0.717, 1.165) is 25.9 Å². The van der Waals surface area contributed by atoms with Gasteiger partial charge in [-0.1, -0.05) is 0 Å². The molecule has 1 atom stereocenters. The number of hydrogen-bond donors (Lipinski definition) is 1. The summed E-state index contributed by atoms with van der Waals surface area (Å²) in [5, 5.41) is 3.16. The molecule has 4 nitrogen and oxygen atoms in total. The van der Waals surface area contributed by atoms with E-state index in [2.05, 4.69) is 24.1 Å². The maximum absolute atomic E-state index is 12.1. The second-order valence-corrected chi connectivity index (χ2v) is 4.95. The minimum atomic E-state index is 0. The second kappa shape index (κ2) is 9.84. The van der Waals surface area contributed by atoms with Crippen LogP contribution in [0.3, 0.4) is 0 Å². The van der Waals surface area contributed by atoms with Crippen LogP contribution in [0.4, 0.5) is 0 Å². The number of nitrogens with one attached hydrogen (secondary N) is 1. The third kappa shape index (κ3) is 5.74. The van der Waals surface area contributed by atoms with Crippen molar-refractivity contribution in [3.63, 3.8) is 0 Å². The number of hydrogen-bond acceptors (Lipinski definition) is 3. The Bertz CT molecular complexity index is 239. The first-order valence-electron chi connectivity index (χ1n) is 6.20. The third-order valence-corrected chi connectivity index (χ3v) is 3.40. The number of likely N-dealkylation sites (tertiary alicyclic amines) is 1. The molecular weight excluding hydrogens is 273 g/mol. The number of amides is 1. The molecule has 0 aliphatic carbocycles. The normalized spacial score (nSPS) is 18.8. The van der Waals surface area contributed by atoms with Crippen LogP contribution < -0.4 is 5.32 Å². The van der Waals surface area contributed by atoms with Crippen molar-refractivity contribution in [3.8, 4) is 0 Å². The highest BCUT2D eigenvalue weighted by atomic mass is 35.5. The average molecular weight is 300 g/mol. The molecule has 1 fully saturated rings. The molecule has 1 N–H and O–H groups in total. The molecule has 1 rings (SSSR count). The summed E-state index contributed by atoms with van der Waals surface area (Å²) in [5.74, 6) is 0.272. The van der Waals surface area contributed by atoms with Crippen molar-refractivity contribution in [2.75, 3.05) is 33.7 Å². The number of nitrogens with zero attached hydrogens (tertiary/aromatic N) is 2. The van der Waals surface area contributed by atoms with Crippen molar-refractivity contribution in [2.45, 2.75) is 38.8 Å². The molecule has 1 unspecified atom stereocenters. The third-order valence-electron chi connectivity index (χ3n) is 3.40. The highest BCUT2D eigenvalue weighted by Crippen LogP contribution is 2.16. The van der Waals surface area contributed by atoms with Gasteiger partial charge in [-0.2, -0.15) is 0 Å². The van der Waals surface area contributed by atoms with Gasteiger partial charge in [0.1, 0.15) is 0 Å². The Labute approximate surface area is 123 Å². The Morgan fingerprint density at radius 3 is 2.56 bits per heavy atom. The summed E-state index contributed by atoms with van der Waals surface area (Å²) in [5.41, 5.74) is 0. The van der Waals surface area contributed by atoms with E-state index in [9.17, 15) is 4.79 Å². The first-order chi connectivity index (χ1) is 7.56. The van der Waals surface area contributed by atoms with Crippen LogP contribution >= 0.6 is 24.8 Å². The minimum Gasteiger partial charge on any atom is -0.337 e. The van der Waals surface area contributed by atoms with E-state index in [4.69, 9.17) is 0 Å². The van der Waals surface area contributed by atoms with E-state index in [1.54, 1.807) is 0 Å². The number of carbonyl (C=O) groups excluding carboxylic acids is 1. The van der Waals surface area contributed by atoms with Crippen LogP contribution in [0.25, 0.3) is 0 Å².